The van der Waals surface area contributed by atoms with Gasteiger partial charge in [0.2, 0.25) is 0 Å². The number of hydrogen-bond acceptors (Lipinski definition) is 6. The number of ether oxygens (including phenoxy) is 1. The van der Waals surface area contributed by atoms with Crippen molar-refractivity contribution in [2.45, 2.75) is 19.3 Å². The minimum Gasteiger partial charge on any atom is -0.496 e. The molecule has 172 valence electrons. The van der Waals surface area contributed by atoms with Gasteiger partial charge in [0.15, 0.2) is 0 Å². The topological polar surface area (TPSA) is 90.5 Å². The van der Waals surface area contributed by atoms with E-state index in [1.165, 1.54) is 12.5 Å². The van der Waals surface area contributed by atoms with Crippen LogP contribution in [0.25, 0.3) is 27.7 Å². The molecule has 0 bridgehead atoms. The molecule has 0 N–H and O–H groups in total. The third-order valence-electron chi connectivity index (χ3n) is 6.26. The van der Waals surface area contributed by atoms with Crippen LogP contribution in [0.15, 0.2) is 71.5 Å². The summed E-state index contributed by atoms with van der Waals surface area (Å²) < 4.78 is 6.71. The normalized spacial score (nSPS) is 13.7. The number of rotatable bonds is 5. The Balaban J connectivity index is 1.82. The molecule has 1 fully saturated rings. The van der Waals surface area contributed by atoms with Crippen LogP contribution in [-0.4, -0.2) is 34.9 Å². The van der Waals surface area contributed by atoms with E-state index in [0.717, 1.165) is 41.9 Å². The summed E-state index contributed by atoms with van der Waals surface area (Å²) in [5, 5.41) is 17.6. The summed E-state index contributed by atoms with van der Waals surface area (Å²) in [5.41, 5.74) is 1.69. The molecular weight excluding hydrogens is 432 g/mol. The molecule has 0 aliphatic carbocycles. The Hall–Kier alpha value is -4.20. The summed E-state index contributed by atoms with van der Waals surface area (Å²) in [4.78, 5) is 27.3. The molecule has 2 heterocycles. The summed E-state index contributed by atoms with van der Waals surface area (Å²) in [7, 11) is 1.54. The molecule has 0 atom stereocenters. The lowest BCUT2D eigenvalue weighted by atomic mass is 10.0. The van der Waals surface area contributed by atoms with Crippen molar-refractivity contribution in [2.24, 2.45) is 0 Å². The van der Waals surface area contributed by atoms with Gasteiger partial charge in [-0.25, -0.2) is 0 Å². The van der Waals surface area contributed by atoms with Crippen LogP contribution in [0.2, 0.25) is 0 Å². The van der Waals surface area contributed by atoms with Gasteiger partial charge in [0.25, 0.3) is 11.2 Å². The fourth-order valence-corrected chi connectivity index (χ4v) is 4.58. The lowest BCUT2D eigenvalue weighted by molar-refractivity contribution is -0.384. The lowest BCUT2D eigenvalue weighted by Gasteiger charge is -2.29. The second-order valence-corrected chi connectivity index (χ2v) is 8.29. The van der Waals surface area contributed by atoms with Gasteiger partial charge in [0, 0.05) is 30.4 Å². The predicted octanol–water partition coefficient (Wildman–Crippen LogP) is 4.96. The van der Waals surface area contributed by atoms with E-state index in [1.807, 2.05) is 30.3 Å². The number of benzene rings is 3. The first-order chi connectivity index (χ1) is 16.6. The number of methoxy groups -OCH3 is 1. The first-order valence-electron chi connectivity index (χ1n) is 11.3. The van der Waals surface area contributed by atoms with Gasteiger partial charge >= 0.3 is 0 Å². The number of nitro groups is 1. The average Bonchev–Trinajstić information content (AvgIpc) is 2.89. The van der Waals surface area contributed by atoms with Gasteiger partial charge in [-0.05, 0) is 43.5 Å². The predicted molar refractivity (Wildman–Crippen MR) is 132 cm³/mol. The van der Waals surface area contributed by atoms with Gasteiger partial charge in [-0.3, -0.25) is 14.9 Å². The minimum absolute atomic E-state index is 0.153. The second kappa shape index (κ2) is 8.97. The van der Waals surface area contributed by atoms with Crippen molar-refractivity contribution in [3.05, 3.63) is 87.2 Å². The highest BCUT2D eigenvalue weighted by Gasteiger charge is 2.24. The van der Waals surface area contributed by atoms with Gasteiger partial charge in [-0.15, -0.1) is 0 Å². The van der Waals surface area contributed by atoms with Crippen LogP contribution in [-0.2, 0) is 0 Å². The van der Waals surface area contributed by atoms with Crippen LogP contribution >= 0.6 is 0 Å². The Morgan fingerprint density at radius 2 is 1.74 bits per heavy atom. The van der Waals surface area contributed by atoms with Gasteiger partial charge < -0.3 is 9.64 Å². The van der Waals surface area contributed by atoms with Crippen LogP contribution in [0.4, 0.5) is 11.4 Å². The molecule has 0 unspecified atom stereocenters. The summed E-state index contributed by atoms with van der Waals surface area (Å²) in [6, 6.07) is 19.6. The Labute approximate surface area is 196 Å². The summed E-state index contributed by atoms with van der Waals surface area (Å²) in [6.07, 6.45) is 3.31. The fourth-order valence-electron chi connectivity index (χ4n) is 4.58. The minimum atomic E-state index is -0.471. The second-order valence-electron chi connectivity index (χ2n) is 8.29. The Morgan fingerprint density at radius 3 is 2.44 bits per heavy atom. The molecule has 8 heteroatoms. The van der Waals surface area contributed by atoms with Gasteiger partial charge in [-0.1, -0.05) is 36.4 Å². The van der Waals surface area contributed by atoms with E-state index < -0.39 is 10.5 Å². The molecule has 4 aromatic rings. The van der Waals surface area contributed by atoms with Crippen LogP contribution in [0, 0.1) is 10.1 Å². The van der Waals surface area contributed by atoms with Crippen molar-refractivity contribution >= 4 is 22.1 Å². The maximum atomic E-state index is 13.7. The highest BCUT2D eigenvalue weighted by Crippen LogP contribution is 2.34. The van der Waals surface area contributed by atoms with Gasteiger partial charge in [0.05, 0.1) is 22.8 Å². The van der Waals surface area contributed by atoms with E-state index in [2.05, 4.69) is 10.00 Å². The molecule has 5 rings (SSSR count). The molecule has 0 saturated carbocycles. The number of anilines is 1. The number of nitro benzene ring substituents is 1. The molecule has 0 spiro atoms. The average molecular weight is 457 g/mol. The molecule has 1 aromatic heterocycles. The van der Waals surface area contributed by atoms with Crippen LogP contribution in [0.3, 0.4) is 0 Å². The molecule has 1 aliphatic heterocycles. The molecule has 0 amide bonds. The highest BCUT2D eigenvalue weighted by atomic mass is 16.6. The van der Waals surface area contributed by atoms with E-state index in [0.29, 0.717) is 22.2 Å². The standard InChI is InChI=1S/C26H24N4O4/c1-34-23-12-8-11-20-24(23)25(18-9-4-2-5-10-18)27-29(26(20)31)22-17-19(13-14-21(22)30(32)33)28-15-6-3-7-16-28/h2,4-5,8-14,17H,3,6-7,15-16H2,1H3. The quantitative estimate of drug-likeness (QED) is 0.311. The summed E-state index contributed by atoms with van der Waals surface area (Å²) in [6.45, 7) is 1.76. The molecule has 34 heavy (non-hydrogen) atoms. The zero-order valence-electron chi connectivity index (χ0n) is 18.8. The zero-order chi connectivity index (χ0) is 23.7. The maximum absolute atomic E-state index is 13.7. The van der Waals surface area contributed by atoms with Crippen molar-refractivity contribution in [1.29, 1.82) is 0 Å². The van der Waals surface area contributed by atoms with E-state index in [-0.39, 0.29) is 11.4 Å². The van der Waals surface area contributed by atoms with E-state index in [4.69, 9.17) is 4.74 Å². The van der Waals surface area contributed by atoms with Gasteiger partial charge in [0.1, 0.15) is 17.1 Å². The smallest absolute Gasteiger partial charge is 0.295 e. The highest BCUT2D eigenvalue weighted by molar-refractivity contribution is 5.98. The SMILES string of the molecule is COc1cccc2c(=O)n(-c3cc(N4CCCCC4)ccc3[N+](=O)[O-])nc(-c3ccccc3)c12. The molecule has 3 aromatic carbocycles. The van der Waals surface area contributed by atoms with Crippen molar-refractivity contribution in [1.82, 2.24) is 9.78 Å². The zero-order valence-corrected chi connectivity index (χ0v) is 18.8. The third kappa shape index (κ3) is 3.77. The Bertz CT molecular complexity index is 1430. The maximum Gasteiger partial charge on any atom is 0.295 e. The van der Waals surface area contributed by atoms with Crippen LogP contribution in [0.1, 0.15) is 19.3 Å². The van der Waals surface area contributed by atoms with Crippen molar-refractivity contribution in [3.63, 3.8) is 0 Å². The fraction of sp³-hybridized carbons (Fsp3) is 0.231. The van der Waals surface area contributed by atoms with Crippen LogP contribution < -0.4 is 15.2 Å². The van der Waals surface area contributed by atoms with Gasteiger partial charge in [-0.2, -0.15) is 9.78 Å². The number of nitrogens with zero attached hydrogens (tertiary/aromatic N) is 4. The molecular formula is C26H24N4O4. The number of fused-ring (bicyclic) bond motifs is 1. The monoisotopic (exact) mass is 456 g/mol. The van der Waals surface area contributed by atoms with Crippen molar-refractivity contribution in [2.75, 3.05) is 25.1 Å². The summed E-state index contributed by atoms with van der Waals surface area (Å²) in [5.74, 6) is 0.518. The third-order valence-corrected chi connectivity index (χ3v) is 6.26. The summed E-state index contributed by atoms with van der Waals surface area (Å²) >= 11 is 0. The molecule has 1 saturated heterocycles. The van der Waals surface area contributed by atoms with Crippen LogP contribution in [0.5, 0.6) is 5.75 Å². The van der Waals surface area contributed by atoms with E-state index in [9.17, 15) is 14.9 Å². The first-order valence-corrected chi connectivity index (χ1v) is 11.3. The Kier molecular flexibility index (Phi) is 5.71. The van der Waals surface area contributed by atoms with E-state index in [1.54, 1.807) is 37.4 Å². The van der Waals surface area contributed by atoms with E-state index >= 15 is 0 Å². The van der Waals surface area contributed by atoms with Crippen molar-refractivity contribution in [3.8, 4) is 22.7 Å². The number of piperidine rings is 1. The molecule has 8 nitrogen and oxygen atoms in total. The van der Waals surface area contributed by atoms with Crippen molar-refractivity contribution < 1.29 is 9.66 Å². The Morgan fingerprint density at radius 1 is 0.971 bits per heavy atom. The molecule has 1 aliphatic rings. The number of hydrogen-bond donors (Lipinski definition) is 0. The number of aromatic nitrogens is 2. The lowest BCUT2D eigenvalue weighted by Crippen LogP contribution is -2.30. The largest absolute Gasteiger partial charge is 0.496 e. The molecule has 0 radical (unpaired) electrons. The first kappa shape index (κ1) is 21.6.